The Bertz CT molecular complexity index is 570. The number of carboxylic acids is 1. The number of unbranched alkanes of at least 4 members (excludes halogenated alkanes) is 1. The number of hydrogen-bond donors (Lipinski definition) is 1. The number of nitrogens with zero attached hydrogens (tertiary/aromatic N) is 5. The number of carboxylic acid groups (broad SMARTS) is 1. The molecule has 1 heterocycles. The van der Waals surface area contributed by atoms with Crippen LogP contribution in [0.1, 0.15) is 25.6 Å². The van der Waals surface area contributed by atoms with E-state index in [0.717, 1.165) is 25.1 Å². The maximum absolute atomic E-state index is 11.1. The van der Waals surface area contributed by atoms with Crippen LogP contribution in [0.2, 0.25) is 0 Å². The molecule has 1 aromatic carbocycles. The van der Waals surface area contributed by atoms with Crippen molar-refractivity contribution >= 4 is 11.7 Å². The van der Waals surface area contributed by atoms with Gasteiger partial charge in [0.2, 0.25) is 0 Å². The fraction of sp³-hybridized carbons (Fsp3) is 0.429. The Kier molecular flexibility index (Phi) is 5.25. The molecule has 7 nitrogen and oxygen atoms in total. The summed E-state index contributed by atoms with van der Waals surface area (Å²) in [6.07, 6.45) is 2.04. The molecule has 0 aliphatic carbocycles. The van der Waals surface area contributed by atoms with Crippen molar-refractivity contribution in [3.05, 3.63) is 36.2 Å². The summed E-state index contributed by atoms with van der Waals surface area (Å²) in [7, 11) is 0. The topological polar surface area (TPSA) is 84.1 Å². The highest BCUT2D eigenvalue weighted by atomic mass is 16.4. The zero-order valence-electron chi connectivity index (χ0n) is 12.0. The number of aliphatic carboxylic acids is 1. The van der Waals surface area contributed by atoms with Gasteiger partial charge >= 0.3 is 5.97 Å². The summed E-state index contributed by atoms with van der Waals surface area (Å²) >= 11 is 0. The summed E-state index contributed by atoms with van der Waals surface area (Å²) in [5.41, 5.74) is 0.838. The highest BCUT2D eigenvalue weighted by Crippen LogP contribution is 2.15. The first-order valence-electron chi connectivity index (χ1n) is 6.97. The van der Waals surface area contributed by atoms with E-state index >= 15 is 0 Å². The van der Waals surface area contributed by atoms with E-state index in [0.29, 0.717) is 12.4 Å². The minimum atomic E-state index is -0.883. The summed E-state index contributed by atoms with van der Waals surface area (Å²) in [6.45, 7) is 3.12. The normalized spacial score (nSPS) is 10.5. The Hall–Kier alpha value is -2.44. The molecule has 0 spiro atoms. The van der Waals surface area contributed by atoms with Gasteiger partial charge in [-0.2, -0.15) is 0 Å². The Balaban J connectivity index is 2.15. The number of carbonyl (C=O) groups is 1. The second-order valence-corrected chi connectivity index (χ2v) is 4.76. The van der Waals surface area contributed by atoms with E-state index in [1.807, 2.05) is 30.3 Å². The SMILES string of the molecule is CCCCn1nnnc1CN(CC(=O)O)c1ccccc1. The van der Waals surface area contributed by atoms with E-state index in [4.69, 9.17) is 5.11 Å². The fourth-order valence-corrected chi connectivity index (χ4v) is 2.03. The van der Waals surface area contributed by atoms with Crippen LogP contribution in [0.3, 0.4) is 0 Å². The minimum Gasteiger partial charge on any atom is -0.480 e. The highest BCUT2D eigenvalue weighted by molar-refractivity contribution is 5.73. The van der Waals surface area contributed by atoms with Crippen molar-refractivity contribution < 1.29 is 9.90 Å². The maximum Gasteiger partial charge on any atom is 0.323 e. The Morgan fingerprint density at radius 3 is 2.76 bits per heavy atom. The lowest BCUT2D eigenvalue weighted by atomic mass is 10.2. The lowest BCUT2D eigenvalue weighted by Gasteiger charge is -2.22. The molecular weight excluding hydrogens is 270 g/mol. The number of aromatic nitrogens is 4. The lowest BCUT2D eigenvalue weighted by molar-refractivity contribution is -0.135. The van der Waals surface area contributed by atoms with Crippen LogP contribution < -0.4 is 4.90 Å². The first-order chi connectivity index (χ1) is 10.2. The van der Waals surface area contributed by atoms with E-state index in [1.165, 1.54) is 0 Å². The molecule has 0 amide bonds. The third-order valence-electron chi connectivity index (χ3n) is 3.11. The zero-order chi connectivity index (χ0) is 15.1. The molecule has 21 heavy (non-hydrogen) atoms. The number of para-hydroxylation sites is 1. The van der Waals surface area contributed by atoms with Gasteiger partial charge < -0.3 is 10.0 Å². The number of benzene rings is 1. The van der Waals surface area contributed by atoms with Crippen LogP contribution in [0.25, 0.3) is 0 Å². The zero-order valence-corrected chi connectivity index (χ0v) is 12.0. The second kappa shape index (κ2) is 7.37. The largest absolute Gasteiger partial charge is 0.480 e. The van der Waals surface area contributed by atoms with Crippen molar-refractivity contribution in [1.29, 1.82) is 0 Å². The molecule has 0 aliphatic rings. The van der Waals surface area contributed by atoms with E-state index < -0.39 is 5.97 Å². The summed E-state index contributed by atoms with van der Waals surface area (Å²) < 4.78 is 1.74. The van der Waals surface area contributed by atoms with Crippen molar-refractivity contribution in [2.24, 2.45) is 0 Å². The predicted molar refractivity (Wildman–Crippen MR) is 77.9 cm³/mol. The lowest BCUT2D eigenvalue weighted by Crippen LogP contribution is -2.30. The molecule has 0 saturated carbocycles. The van der Waals surface area contributed by atoms with Crippen molar-refractivity contribution in [3.8, 4) is 0 Å². The molecule has 0 bridgehead atoms. The fourth-order valence-electron chi connectivity index (χ4n) is 2.03. The monoisotopic (exact) mass is 289 g/mol. The van der Waals surface area contributed by atoms with Crippen LogP contribution in [0, 0.1) is 0 Å². The average Bonchev–Trinajstić information content (AvgIpc) is 2.92. The van der Waals surface area contributed by atoms with Gasteiger partial charge in [-0.15, -0.1) is 5.10 Å². The molecule has 0 saturated heterocycles. The third kappa shape index (κ3) is 4.27. The van der Waals surface area contributed by atoms with Crippen molar-refractivity contribution in [2.45, 2.75) is 32.9 Å². The van der Waals surface area contributed by atoms with Gasteiger partial charge in [-0.25, -0.2) is 4.68 Å². The molecule has 7 heteroatoms. The molecule has 1 aromatic heterocycles. The third-order valence-corrected chi connectivity index (χ3v) is 3.11. The van der Waals surface area contributed by atoms with Crippen molar-refractivity contribution in [1.82, 2.24) is 20.2 Å². The first-order valence-corrected chi connectivity index (χ1v) is 6.97. The summed E-state index contributed by atoms with van der Waals surface area (Å²) in [5.74, 6) is -0.208. The Morgan fingerprint density at radius 1 is 1.33 bits per heavy atom. The van der Waals surface area contributed by atoms with Gasteiger partial charge in [0, 0.05) is 12.2 Å². The van der Waals surface area contributed by atoms with Crippen molar-refractivity contribution in [3.63, 3.8) is 0 Å². The minimum absolute atomic E-state index is 0.0926. The molecule has 0 fully saturated rings. The quantitative estimate of drug-likeness (QED) is 0.794. The van der Waals surface area contributed by atoms with E-state index in [1.54, 1.807) is 9.58 Å². The highest BCUT2D eigenvalue weighted by Gasteiger charge is 2.15. The second-order valence-electron chi connectivity index (χ2n) is 4.76. The van der Waals surface area contributed by atoms with Gasteiger partial charge in [0.15, 0.2) is 5.82 Å². The molecule has 0 aliphatic heterocycles. The predicted octanol–water partition coefficient (Wildman–Crippen LogP) is 1.56. The Labute approximate surface area is 123 Å². The van der Waals surface area contributed by atoms with Crippen LogP contribution in [0.15, 0.2) is 30.3 Å². The van der Waals surface area contributed by atoms with Gasteiger partial charge in [-0.3, -0.25) is 4.79 Å². The van der Waals surface area contributed by atoms with Crippen LogP contribution in [-0.4, -0.2) is 37.8 Å². The van der Waals surface area contributed by atoms with Gasteiger partial charge in [0.05, 0.1) is 6.54 Å². The van der Waals surface area contributed by atoms with Crippen LogP contribution in [-0.2, 0) is 17.9 Å². The summed E-state index contributed by atoms with van der Waals surface area (Å²) in [6, 6.07) is 9.41. The molecule has 2 aromatic rings. The first kappa shape index (κ1) is 15.0. The van der Waals surface area contributed by atoms with Crippen LogP contribution in [0.4, 0.5) is 5.69 Å². The van der Waals surface area contributed by atoms with E-state index in [2.05, 4.69) is 22.4 Å². The number of rotatable bonds is 8. The average molecular weight is 289 g/mol. The van der Waals surface area contributed by atoms with Crippen molar-refractivity contribution in [2.75, 3.05) is 11.4 Å². The maximum atomic E-state index is 11.1. The number of tetrazole rings is 1. The molecule has 0 radical (unpaired) electrons. The number of anilines is 1. The van der Waals surface area contributed by atoms with Gasteiger partial charge in [-0.05, 0) is 29.0 Å². The molecule has 112 valence electrons. The summed E-state index contributed by atoms with van der Waals surface area (Å²) in [4.78, 5) is 12.8. The van der Waals surface area contributed by atoms with E-state index in [9.17, 15) is 4.79 Å². The number of aryl methyl sites for hydroxylation is 1. The molecular formula is C14H19N5O2. The summed E-state index contributed by atoms with van der Waals surface area (Å²) in [5, 5.41) is 20.7. The molecule has 0 unspecified atom stereocenters. The number of hydrogen-bond acceptors (Lipinski definition) is 5. The van der Waals surface area contributed by atoms with Crippen LogP contribution in [0.5, 0.6) is 0 Å². The molecule has 0 atom stereocenters. The van der Waals surface area contributed by atoms with Gasteiger partial charge in [-0.1, -0.05) is 31.5 Å². The molecule has 1 N–H and O–H groups in total. The standard InChI is InChI=1S/C14H19N5O2/c1-2-3-9-19-13(15-16-17-19)10-18(11-14(20)21)12-7-5-4-6-8-12/h4-8H,2-3,9-11H2,1H3,(H,20,21). The van der Waals surface area contributed by atoms with Gasteiger partial charge in [0.25, 0.3) is 0 Å². The Morgan fingerprint density at radius 2 is 2.10 bits per heavy atom. The van der Waals surface area contributed by atoms with Gasteiger partial charge in [0.1, 0.15) is 6.54 Å². The smallest absolute Gasteiger partial charge is 0.323 e. The van der Waals surface area contributed by atoms with E-state index in [-0.39, 0.29) is 6.54 Å². The van der Waals surface area contributed by atoms with Crippen LogP contribution >= 0.6 is 0 Å². The molecule has 2 rings (SSSR count).